The molecule has 0 saturated carbocycles. The van der Waals surface area contributed by atoms with Gasteiger partial charge in [-0.15, -0.1) is 0 Å². The summed E-state index contributed by atoms with van der Waals surface area (Å²) in [5.41, 5.74) is 6.32. The van der Waals surface area contributed by atoms with Crippen LogP contribution in [-0.2, 0) is 6.54 Å². The normalized spacial score (nSPS) is 10.5. The van der Waals surface area contributed by atoms with Crippen LogP contribution in [0, 0.1) is 0 Å². The summed E-state index contributed by atoms with van der Waals surface area (Å²) in [6, 6.07) is 0. The Morgan fingerprint density at radius 1 is 1.27 bits per heavy atom. The van der Waals surface area contributed by atoms with Crippen molar-refractivity contribution in [2.75, 3.05) is 5.73 Å². The Morgan fingerprint density at radius 2 is 2.00 bits per heavy atom. The number of nitrogens with two attached hydrogens (primary N) is 1. The van der Waals surface area contributed by atoms with Gasteiger partial charge in [-0.3, -0.25) is 0 Å². The van der Waals surface area contributed by atoms with Gasteiger partial charge >= 0.3 is 0 Å². The minimum absolute atomic E-state index is 0.285. The third-order valence-electron chi connectivity index (χ3n) is 2.11. The van der Waals surface area contributed by atoms with Gasteiger partial charge in [0.2, 0.25) is 5.95 Å². The number of nitrogen functional groups attached to an aromatic ring is 1. The molecule has 0 saturated heterocycles. The third kappa shape index (κ3) is 1.96. The van der Waals surface area contributed by atoms with Crippen molar-refractivity contribution in [3.63, 3.8) is 0 Å². The summed E-state index contributed by atoms with van der Waals surface area (Å²) in [7, 11) is 0. The highest BCUT2D eigenvalue weighted by Gasteiger charge is 2.05. The van der Waals surface area contributed by atoms with E-state index in [0.29, 0.717) is 0 Å². The largest absolute Gasteiger partial charge is 0.368 e. The maximum Gasteiger partial charge on any atom is 0.219 e. The van der Waals surface area contributed by atoms with Crippen molar-refractivity contribution in [2.45, 2.75) is 19.9 Å². The second-order valence-corrected chi connectivity index (χ2v) is 3.27. The van der Waals surface area contributed by atoms with Crippen LogP contribution in [0.4, 0.5) is 5.95 Å². The summed E-state index contributed by atoms with van der Waals surface area (Å²) < 4.78 is 2.08. The fourth-order valence-corrected chi connectivity index (χ4v) is 1.44. The highest BCUT2D eigenvalue weighted by Crippen LogP contribution is 2.15. The quantitative estimate of drug-likeness (QED) is 0.817. The molecule has 2 aromatic rings. The van der Waals surface area contributed by atoms with Gasteiger partial charge in [0.1, 0.15) is 5.82 Å². The molecule has 0 unspecified atom stereocenters. The van der Waals surface area contributed by atoms with E-state index in [1.807, 2.05) is 6.20 Å². The molecule has 5 heteroatoms. The van der Waals surface area contributed by atoms with E-state index < -0.39 is 0 Å². The van der Waals surface area contributed by atoms with Crippen LogP contribution in [-0.4, -0.2) is 19.5 Å². The van der Waals surface area contributed by atoms with Crippen molar-refractivity contribution in [1.29, 1.82) is 0 Å². The summed E-state index contributed by atoms with van der Waals surface area (Å²) in [5, 5.41) is 0. The van der Waals surface area contributed by atoms with Crippen molar-refractivity contribution < 1.29 is 0 Å². The highest BCUT2D eigenvalue weighted by molar-refractivity contribution is 5.53. The van der Waals surface area contributed by atoms with Gasteiger partial charge in [0.15, 0.2) is 0 Å². The van der Waals surface area contributed by atoms with Gasteiger partial charge in [-0.2, -0.15) is 0 Å². The van der Waals surface area contributed by atoms with E-state index in [9.17, 15) is 0 Å². The average Bonchev–Trinajstić information content (AvgIpc) is 2.68. The van der Waals surface area contributed by atoms with Gasteiger partial charge < -0.3 is 10.3 Å². The molecular weight excluding hydrogens is 190 g/mol. The maximum atomic E-state index is 5.43. The van der Waals surface area contributed by atoms with Crippen LogP contribution in [0.3, 0.4) is 0 Å². The predicted octanol–water partition coefficient (Wildman–Crippen LogP) is 1.33. The van der Waals surface area contributed by atoms with E-state index in [4.69, 9.17) is 5.73 Å². The molecule has 0 atom stereocenters. The smallest absolute Gasteiger partial charge is 0.219 e. The van der Waals surface area contributed by atoms with Gasteiger partial charge in [0.05, 0.1) is 5.56 Å². The number of imidazole rings is 1. The Bertz CT molecular complexity index is 431. The number of anilines is 1. The average molecular weight is 203 g/mol. The van der Waals surface area contributed by atoms with E-state index in [0.717, 1.165) is 24.4 Å². The molecule has 2 rings (SSSR count). The van der Waals surface area contributed by atoms with Crippen LogP contribution in [0.1, 0.15) is 13.3 Å². The predicted molar refractivity (Wildman–Crippen MR) is 58.0 cm³/mol. The molecule has 5 nitrogen and oxygen atoms in total. The Kier molecular flexibility index (Phi) is 2.62. The summed E-state index contributed by atoms with van der Waals surface area (Å²) in [6.45, 7) is 3.07. The molecule has 2 aromatic heterocycles. The van der Waals surface area contributed by atoms with Gasteiger partial charge in [-0.25, -0.2) is 15.0 Å². The molecule has 0 fully saturated rings. The molecule has 78 valence electrons. The zero-order valence-corrected chi connectivity index (χ0v) is 8.59. The number of hydrogen-bond donors (Lipinski definition) is 1. The third-order valence-corrected chi connectivity index (χ3v) is 2.11. The monoisotopic (exact) mass is 203 g/mol. The van der Waals surface area contributed by atoms with Gasteiger partial charge in [-0.05, 0) is 6.42 Å². The first-order chi connectivity index (χ1) is 7.31. The van der Waals surface area contributed by atoms with Crippen molar-refractivity contribution >= 4 is 5.95 Å². The molecule has 0 amide bonds. The summed E-state index contributed by atoms with van der Waals surface area (Å²) >= 11 is 0. The zero-order valence-electron chi connectivity index (χ0n) is 8.59. The Labute approximate surface area is 88.0 Å². The van der Waals surface area contributed by atoms with E-state index >= 15 is 0 Å². The topological polar surface area (TPSA) is 69.6 Å². The number of aryl methyl sites for hydroxylation is 1. The SMILES string of the molecule is CCCn1ccnc1-c1cnc(N)nc1. The Morgan fingerprint density at radius 3 is 2.67 bits per heavy atom. The first-order valence-corrected chi connectivity index (χ1v) is 4.90. The number of rotatable bonds is 3. The lowest BCUT2D eigenvalue weighted by Crippen LogP contribution is -2.00. The Hall–Kier alpha value is -1.91. The molecule has 0 aliphatic carbocycles. The summed E-state index contributed by atoms with van der Waals surface area (Å²) in [6.07, 6.45) is 8.18. The molecule has 0 aliphatic heterocycles. The molecule has 0 spiro atoms. The van der Waals surface area contributed by atoms with E-state index in [1.165, 1.54) is 0 Å². The molecule has 15 heavy (non-hydrogen) atoms. The van der Waals surface area contributed by atoms with Crippen molar-refractivity contribution in [3.05, 3.63) is 24.8 Å². The van der Waals surface area contributed by atoms with Gasteiger partial charge in [0, 0.05) is 31.3 Å². The van der Waals surface area contributed by atoms with E-state index in [1.54, 1.807) is 18.6 Å². The number of aromatic nitrogens is 4. The van der Waals surface area contributed by atoms with E-state index in [2.05, 4.69) is 26.4 Å². The van der Waals surface area contributed by atoms with Crippen LogP contribution in [0.2, 0.25) is 0 Å². The van der Waals surface area contributed by atoms with Crippen molar-refractivity contribution in [2.24, 2.45) is 0 Å². The highest BCUT2D eigenvalue weighted by atomic mass is 15.1. The lowest BCUT2D eigenvalue weighted by atomic mass is 10.3. The molecule has 0 bridgehead atoms. The van der Waals surface area contributed by atoms with Crippen LogP contribution in [0.5, 0.6) is 0 Å². The fourth-order valence-electron chi connectivity index (χ4n) is 1.44. The minimum Gasteiger partial charge on any atom is -0.368 e. The molecule has 0 aromatic carbocycles. The first kappa shape index (κ1) is 9.64. The molecule has 2 heterocycles. The second-order valence-electron chi connectivity index (χ2n) is 3.27. The van der Waals surface area contributed by atoms with E-state index in [-0.39, 0.29) is 5.95 Å². The second kappa shape index (κ2) is 4.08. The summed E-state index contributed by atoms with van der Waals surface area (Å²) in [5.74, 6) is 1.17. The summed E-state index contributed by atoms with van der Waals surface area (Å²) in [4.78, 5) is 12.2. The maximum absolute atomic E-state index is 5.43. The Balaban J connectivity index is 2.36. The zero-order chi connectivity index (χ0) is 10.7. The van der Waals surface area contributed by atoms with Crippen LogP contribution in [0.25, 0.3) is 11.4 Å². The standard InChI is InChI=1S/C10H13N5/c1-2-4-15-5-3-12-9(15)8-6-13-10(11)14-7-8/h3,5-7H,2,4H2,1H3,(H2,11,13,14). The van der Waals surface area contributed by atoms with Gasteiger partial charge in [0.25, 0.3) is 0 Å². The van der Waals surface area contributed by atoms with Gasteiger partial charge in [-0.1, -0.05) is 6.92 Å². The molecular formula is C10H13N5. The van der Waals surface area contributed by atoms with Crippen molar-refractivity contribution in [1.82, 2.24) is 19.5 Å². The number of nitrogens with zero attached hydrogens (tertiary/aromatic N) is 4. The lowest BCUT2D eigenvalue weighted by Gasteiger charge is -2.05. The molecule has 0 radical (unpaired) electrons. The number of hydrogen-bond acceptors (Lipinski definition) is 4. The minimum atomic E-state index is 0.285. The van der Waals surface area contributed by atoms with Crippen LogP contribution >= 0.6 is 0 Å². The lowest BCUT2D eigenvalue weighted by molar-refractivity contribution is 0.685. The fraction of sp³-hybridized carbons (Fsp3) is 0.300. The molecule has 0 aliphatic rings. The first-order valence-electron chi connectivity index (χ1n) is 4.90. The molecule has 2 N–H and O–H groups in total. The van der Waals surface area contributed by atoms with Crippen LogP contribution in [0.15, 0.2) is 24.8 Å². The van der Waals surface area contributed by atoms with Crippen LogP contribution < -0.4 is 5.73 Å². The van der Waals surface area contributed by atoms with Crippen molar-refractivity contribution in [3.8, 4) is 11.4 Å².